The van der Waals surface area contributed by atoms with E-state index in [9.17, 15) is 18.0 Å². The van der Waals surface area contributed by atoms with E-state index < -0.39 is 17.6 Å². The first-order chi connectivity index (χ1) is 8.88. The Morgan fingerprint density at radius 3 is 2.63 bits per heavy atom. The first kappa shape index (κ1) is 13.3. The number of carbonyl (C=O) groups excluding carboxylic acids is 1. The van der Waals surface area contributed by atoms with Crippen LogP contribution in [0.15, 0.2) is 18.2 Å². The summed E-state index contributed by atoms with van der Waals surface area (Å²) in [5.74, 6) is -0.846. The lowest BCUT2D eigenvalue weighted by atomic mass is 10.1. The maximum atomic E-state index is 12.4. The minimum Gasteiger partial charge on any atom is -0.288 e. The molecule has 0 aliphatic heterocycles. The van der Waals surface area contributed by atoms with Crippen molar-refractivity contribution in [1.82, 2.24) is 20.6 Å². The van der Waals surface area contributed by atoms with Crippen LogP contribution >= 0.6 is 11.6 Å². The first-order valence-electron chi connectivity index (χ1n) is 4.79. The van der Waals surface area contributed by atoms with Crippen LogP contribution in [0.3, 0.4) is 0 Å². The van der Waals surface area contributed by atoms with E-state index in [2.05, 4.69) is 25.9 Å². The zero-order chi connectivity index (χ0) is 14.0. The second-order valence-electron chi connectivity index (χ2n) is 3.38. The Balaban J connectivity index is 2.24. The van der Waals surface area contributed by atoms with Gasteiger partial charge >= 0.3 is 6.18 Å². The van der Waals surface area contributed by atoms with Crippen molar-refractivity contribution in [2.75, 3.05) is 5.32 Å². The normalized spacial score (nSPS) is 11.4. The molecule has 1 aromatic carbocycles. The van der Waals surface area contributed by atoms with E-state index in [1.54, 1.807) is 0 Å². The Labute approximate surface area is 109 Å². The molecule has 0 unspecified atom stereocenters. The molecule has 0 saturated heterocycles. The second-order valence-corrected chi connectivity index (χ2v) is 3.79. The molecule has 10 heteroatoms. The average molecular weight is 292 g/mol. The maximum Gasteiger partial charge on any atom is 0.416 e. The molecule has 0 saturated carbocycles. The molecule has 0 atom stereocenters. The number of H-pyrrole nitrogens is 1. The van der Waals surface area contributed by atoms with Gasteiger partial charge in [0.05, 0.1) is 16.1 Å². The molecular formula is C9H5ClF3N5O. The van der Waals surface area contributed by atoms with E-state index in [0.29, 0.717) is 6.07 Å². The molecule has 0 fully saturated rings. The first-order valence-corrected chi connectivity index (χ1v) is 5.17. The SMILES string of the molecule is O=C(Nc1nn[nH]n1)c1ccc(C(F)(F)F)cc1Cl. The van der Waals surface area contributed by atoms with Gasteiger partial charge in [0.1, 0.15) is 0 Å². The lowest BCUT2D eigenvalue weighted by molar-refractivity contribution is -0.137. The average Bonchev–Trinajstić information content (AvgIpc) is 2.80. The fraction of sp³-hybridized carbons (Fsp3) is 0.111. The summed E-state index contributed by atoms with van der Waals surface area (Å²) in [5.41, 5.74) is -1.06. The minimum absolute atomic E-state index is 0.110. The number of aromatic nitrogens is 4. The standard InChI is InChI=1S/C9H5ClF3N5O/c10-6-3-4(9(11,12)13)1-2-5(6)7(19)14-8-15-17-18-16-8/h1-3H,(H2,14,15,16,17,18,19). The summed E-state index contributed by atoms with van der Waals surface area (Å²) in [7, 11) is 0. The van der Waals surface area contributed by atoms with Crippen LogP contribution in [-0.4, -0.2) is 26.5 Å². The highest BCUT2D eigenvalue weighted by molar-refractivity contribution is 6.34. The lowest BCUT2D eigenvalue weighted by Crippen LogP contribution is -2.14. The molecule has 0 spiro atoms. The third-order valence-corrected chi connectivity index (χ3v) is 2.42. The van der Waals surface area contributed by atoms with Gasteiger partial charge in [0.2, 0.25) is 0 Å². The number of carbonyl (C=O) groups is 1. The number of aromatic amines is 1. The van der Waals surface area contributed by atoms with Crippen molar-refractivity contribution in [2.24, 2.45) is 0 Å². The van der Waals surface area contributed by atoms with Gasteiger partial charge in [-0.15, -0.1) is 5.10 Å². The van der Waals surface area contributed by atoms with Gasteiger partial charge in [0.25, 0.3) is 11.9 Å². The molecule has 19 heavy (non-hydrogen) atoms. The topological polar surface area (TPSA) is 83.6 Å². The zero-order valence-corrected chi connectivity index (χ0v) is 9.75. The van der Waals surface area contributed by atoms with Crippen molar-refractivity contribution >= 4 is 23.5 Å². The molecule has 0 aliphatic rings. The number of hydrogen-bond acceptors (Lipinski definition) is 4. The molecule has 2 rings (SSSR count). The summed E-state index contributed by atoms with van der Waals surface area (Å²) in [6, 6.07) is 2.41. The Morgan fingerprint density at radius 2 is 2.11 bits per heavy atom. The molecule has 0 aliphatic carbocycles. The highest BCUT2D eigenvalue weighted by atomic mass is 35.5. The van der Waals surface area contributed by atoms with E-state index in [-0.39, 0.29) is 16.5 Å². The number of tetrazole rings is 1. The van der Waals surface area contributed by atoms with E-state index >= 15 is 0 Å². The number of rotatable bonds is 2. The lowest BCUT2D eigenvalue weighted by Gasteiger charge is -2.09. The summed E-state index contributed by atoms with van der Waals surface area (Å²) in [6.45, 7) is 0. The number of benzene rings is 1. The van der Waals surface area contributed by atoms with Gasteiger partial charge < -0.3 is 0 Å². The van der Waals surface area contributed by atoms with E-state index in [1.807, 2.05) is 0 Å². The Bertz CT molecular complexity index is 598. The molecule has 0 bridgehead atoms. The fourth-order valence-electron chi connectivity index (χ4n) is 1.26. The molecule has 2 N–H and O–H groups in total. The summed E-state index contributed by atoms with van der Waals surface area (Å²) in [5, 5.41) is 14.1. The van der Waals surface area contributed by atoms with Crippen molar-refractivity contribution in [2.45, 2.75) is 6.18 Å². The van der Waals surface area contributed by atoms with Gasteiger partial charge in [-0.25, -0.2) is 0 Å². The van der Waals surface area contributed by atoms with Crippen LogP contribution in [0.5, 0.6) is 0 Å². The van der Waals surface area contributed by atoms with Gasteiger partial charge in [0, 0.05) is 0 Å². The molecule has 100 valence electrons. The fourth-order valence-corrected chi connectivity index (χ4v) is 1.53. The third-order valence-electron chi connectivity index (χ3n) is 2.11. The summed E-state index contributed by atoms with van der Waals surface area (Å²) < 4.78 is 37.2. The second kappa shape index (κ2) is 4.84. The predicted molar refractivity (Wildman–Crippen MR) is 58.6 cm³/mol. The van der Waals surface area contributed by atoms with Crippen molar-refractivity contribution in [3.05, 3.63) is 34.3 Å². The smallest absolute Gasteiger partial charge is 0.288 e. The molecule has 6 nitrogen and oxygen atoms in total. The summed E-state index contributed by atoms with van der Waals surface area (Å²) in [4.78, 5) is 11.7. The van der Waals surface area contributed by atoms with E-state index in [0.717, 1.165) is 12.1 Å². The van der Waals surface area contributed by atoms with Crippen LogP contribution in [-0.2, 0) is 6.18 Å². The zero-order valence-electron chi connectivity index (χ0n) is 8.99. The van der Waals surface area contributed by atoms with E-state index in [4.69, 9.17) is 11.6 Å². The van der Waals surface area contributed by atoms with Gasteiger partial charge in [-0.2, -0.15) is 18.4 Å². The van der Waals surface area contributed by atoms with Crippen LogP contribution in [0.1, 0.15) is 15.9 Å². The summed E-state index contributed by atoms with van der Waals surface area (Å²) >= 11 is 5.65. The van der Waals surface area contributed by atoms with Crippen LogP contribution in [0.4, 0.5) is 19.1 Å². The van der Waals surface area contributed by atoms with Crippen molar-refractivity contribution < 1.29 is 18.0 Å². The molecule has 1 heterocycles. The quantitative estimate of drug-likeness (QED) is 0.888. The van der Waals surface area contributed by atoms with Crippen LogP contribution < -0.4 is 5.32 Å². The van der Waals surface area contributed by atoms with Crippen molar-refractivity contribution in [3.63, 3.8) is 0 Å². The largest absolute Gasteiger partial charge is 0.416 e. The number of nitrogens with one attached hydrogen (secondary N) is 2. The minimum atomic E-state index is -4.52. The third kappa shape index (κ3) is 2.99. The van der Waals surface area contributed by atoms with Gasteiger partial charge in [0.15, 0.2) is 0 Å². The highest BCUT2D eigenvalue weighted by Crippen LogP contribution is 2.32. The van der Waals surface area contributed by atoms with Gasteiger partial charge in [-0.3, -0.25) is 10.1 Å². The number of nitrogens with zero attached hydrogens (tertiary/aromatic N) is 3. The Kier molecular flexibility index (Phi) is 3.38. The molecule has 0 radical (unpaired) electrons. The monoisotopic (exact) mass is 291 g/mol. The van der Waals surface area contributed by atoms with Gasteiger partial charge in [-0.05, 0) is 23.4 Å². The summed E-state index contributed by atoms with van der Waals surface area (Å²) in [6.07, 6.45) is -4.52. The highest BCUT2D eigenvalue weighted by Gasteiger charge is 2.31. The number of anilines is 1. The van der Waals surface area contributed by atoms with Crippen molar-refractivity contribution in [1.29, 1.82) is 0 Å². The number of hydrogen-bond donors (Lipinski definition) is 2. The van der Waals surface area contributed by atoms with Gasteiger partial charge in [-0.1, -0.05) is 16.7 Å². The van der Waals surface area contributed by atoms with Crippen LogP contribution in [0.2, 0.25) is 5.02 Å². The molecule has 1 amide bonds. The van der Waals surface area contributed by atoms with Crippen LogP contribution in [0, 0.1) is 0 Å². The number of halogens is 4. The molecule has 2 aromatic rings. The van der Waals surface area contributed by atoms with Crippen molar-refractivity contribution in [3.8, 4) is 0 Å². The molecule has 1 aromatic heterocycles. The Hall–Kier alpha value is -2.16. The maximum absolute atomic E-state index is 12.4. The Morgan fingerprint density at radius 1 is 1.37 bits per heavy atom. The number of alkyl halides is 3. The van der Waals surface area contributed by atoms with Crippen LogP contribution in [0.25, 0.3) is 0 Å². The van der Waals surface area contributed by atoms with E-state index in [1.165, 1.54) is 0 Å². The molecular weight excluding hydrogens is 287 g/mol. The predicted octanol–water partition coefficient (Wildman–Crippen LogP) is 2.12. The number of amides is 1.